The molecule has 0 radical (unpaired) electrons. The number of carbonyl (C=O) groups is 1. The summed E-state index contributed by atoms with van der Waals surface area (Å²) in [6.07, 6.45) is 4.75. The molecule has 2 aliphatic heterocycles. The lowest BCUT2D eigenvalue weighted by molar-refractivity contribution is -0.134. The van der Waals surface area contributed by atoms with E-state index >= 15 is 0 Å². The summed E-state index contributed by atoms with van der Waals surface area (Å²) in [6, 6.07) is 8.33. The zero-order chi connectivity index (χ0) is 17.2. The van der Waals surface area contributed by atoms with Gasteiger partial charge in [-0.1, -0.05) is 19.1 Å². The Morgan fingerprint density at radius 3 is 2.88 bits per heavy atom. The third-order valence-corrected chi connectivity index (χ3v) is 6.73. The van der Waals surface area contributed by atoms with Crippen LogP contribution in [0.1, 0.15) is 43.5 Å². The van der Waals surface area contributed by atoms with Gasteiger partial charge in [-0.05, 0) is 50.3 Å². The van der Waals surface area contributed by atoms with Crippen LogP contribution < -0.4 is 0 Å². The average molecular weight is 358 g/mol. The number of benzene rings is 1. The summed E-state index contributed by atoms with van der Waals surface area (Å²) >= 11 is 1.79. The topological polar surface area (TPSA) is 36.4 Å². The van der Waals surface area contributed by atoms with Gasteiger partial charge in [-0.25, -0.2) is 4.98 Å². The fraction of sp³-hybridized carbons (Fsp3) is 0.600. The first-order chi connectivity index (χ1) is 12.2. The molecule has 2 atom stereocenters. The smallest absolute Gasteiger partial charge is 0.236 e. The normalized spacial score (nSPS) is 25.4. The lowest BCUT2D eigenvalue weighted by atomic mass is 9.98. The maximum atomic E-state index is 12.8. The number of amides is 1. The van der Waals surface area contributed by atoms with E-state index in [9.17, 15) is 4.79 Å². The molecule has 1 amide bonds. The van der Waals surface area contributed by atoms with Gasteiger partial charge in [0.15, 0.2) is 0 Å². The molecule has 2 aliphatic rings. The van der Waals surface area contributed by atoms with E-state index in [1.807, 2.05) is 6.07 Å². The predicted molar refractivity (Wildman–Crippen MR) is 103 cm³/mol. The number of rotatable bonds is 3. The Bertz CT molecular complexity index is 710. The minimum absolute atomic E-state index is 0.305. The Labute approximate surface area is 153 Å². The van der Waals surface area contributed by atoms with Crippen molar-refractivity contribution in [3.63, 3.8) is 0 Å². The van der Waals surface area contributed by atoms with Crippen LogP contribution >= 0.6 is 11.3 Å². The van der Waals surface area contributed by atoms with Gasteiger partial charge in [0.05, 0.1) is 21.8 Å². The predicted octanol–water partition coefficient (Wildman–Crippen LogP) is 3.73. The minimum Gasteiger partial charge on any atom is -0.341 e. The lowest BCUT2D eigenvalue weighted by Crippen LogP contribution is -2.46. The molecule has 0 aliphatic carbocycles. The van der Waals surface area contributed by atoms with Gasteiger partial charge in [-0.2, -0.15) is 0 Å². The molecule has 5 heteroatoms. The Hall–Kier alpha value is -1.46. The van der Waals surface area contributed by atoms with Crippen molar-refractivity contribution in [3.05, 3.63) is 29.3 Å². The van der Waals surface area contributed by atoms with Crippen molar-refractivity contribution in [3.8, 4) is 0 Å². The second-order valence-electron chi connectivity index (χ2n) is 7.68. The van der Waals surface area contributed by atoms with E-state index in [0.717, 1.165) is 50.5 Å². The Kier molecular flexibility index (Phi) is 5.04. The number of piperidine rings is 2. The Balaban J connectivity index is 1.40. The molecule has 2 saturated heterocycles. The third kappa shape index (κ3) is 3.87. The maximum absolute atomic E-state index is 12.8. The van der Waals surface area contributed by atoms with Gasteiger partial charge in [0.1, 0.15) is 0 Å². The molecule has 1 aromatic heterocycles. The zero-order valence-corrected chi connectivity index (χ0v) is 15.8. The van der Waals surface area contributed by atoms with E-state index in [4.69, 9.17) is 4.98 Å². The van der Waals surface area contributed by atoms with Crippen LogP contribution in [0.15, 0.2) is 24.3 Å². The number of hydrogen-bond donors (Lipinski definition) is 0. The number of thiazole rings is 1. The summed E-state index contributed by atoms with van der Waals surface area (Å²) in [6.45, 7) is 6.77. The summed E-state index contributed by atoms with van der Waals surface area (Å²) in [4.78, 5) is 22.0. The molecular formula is C20H27N3OS. The van der Waals surface area contributed by atoms with Gasteiger partial charge in [0.25, 0.3) is 0 Å². The van der Waals surface area contributed by atoms with E-state index in [0.29, 0.717) is 18.4 Å². The largest absolute Gasteiger partial charge is 0.341 e. The minimum atomic E-state index is 0.305. The van der Waals surface area contributed by atoms with E-state index in [1.165, 1.54) is 22.5 Å². The van der Waals surface area contributed by atoms with Crippen LogP contribution in [0.2, 0.25) is 0 Å². The van der Waals surface area contributed by atoms with Crippen molar-refractivity contribution >= 4 is 27.5 Å². The molecule has 0 bridgehead atoms. The molecule has 4 nitrogen and oxygen atoms in total. The van der Waals surface area contributed by atoms with Crippen molar-refractivity contribution in [2.45, 2.75) is 38.5 Å². The molecular weight excluding hydrogens is 330 g/mol. The SMILES string of the molecule is C[C@H]1CCCN(CC(=O)N2CCC[C@H](c3nc4ccccc4s3)C2)C1. The summed E-state index contributed by atoms with van der Waals surface area (Å²) in [5.41, 5.74) is 1.09. The number of nitrogens with zero attached hydrogens (tertiary/aromatic N) is 3. The molecule has 0 spiro atoms. The molecule has 2 fully saturated rings. The second-order valence-corrected chi connectivity index (χ2v) is 8.74. The first-order valence-electron chi connectivity index (χ1n) is 9.54. The van der Waals surface area contributed by atoms with Gasteiger partial charge in [-0.3, -0.25) is 9.69 Å². The van der Waals surface area contributed by atoms with Crippen molar-refractivity contribution in [1.29, 1.82) is 0 Å². The van der Waals surface area contributed by atoms with E-state index in [2.05, 4.69) is 34.9 Å². The molecule has 25 heavy (non-hydrogen) atoms. The molecule has 3 heterocycles. The van der Waals surface area contributed by atoms with Crippen LogP contribution in [0.25, 0.3) is 10.2 Å². The van der Waals surface area contributed by atoms with Gasteiger partial charge >= 0.3 is 0 Å². The van der Waals surface area contributed by atoms with Crippen LogP contribution in [0.4, 0.5) is 0 Å². The average Bonchev–Trinajstić information content (AvgIpc) is 3.06. The molecule has 1 aromatic carbocycles. The number of fused-ring (bicyclic) bond motifs is 1. The van der Waals surface area contributed by atoms with Gasteiger partial charge in [-0.15, -0.1) is 11.3 Å². The highest BCUT2D eigenvalue weighted by atomic mass is 32.1. The first kappa shape index (κ1) is 17.0. The fourth-order valence-corrected chi connectivity index (χ4v) is 5.28. The fourth-order valence-electron chi connectivity index (χ4n) is 4.19. The monoisotopic (exact) mass is 357 g/mol. The van der Waals surface area contributed by atoms with Crippen LogP contribution in [-0.4, -0.2) is 53.4 Å². The Morgan fingerprint density at radius 2 is 2.04 bits per heavy atom. The number of para-hydroxylation sites is 1. The second kappa shape index (κ2) is 7.42. The zero-order valence-electron chi connectivity index (χ0n) is 15.0. The highest BCUT2D eigenvalue weighted by Crippen LogP contribution is 2.33. The van der Waals surface area contributed by atoms with Gasteiger partial charge in [0.2, 0.25) is 5.91 Å². The Morgan fingerprint density at radius 1 is 1.20 bits per heavy atom. The van der Waals surface area contributed by atoms with Crippen LogP contribution in [-0.2, 0) is 4.79 Å². The number of likely N-dealkylation sites (tertiary alicyclic amines) is 2. The number of aromatic nitrogens is 1. The quantitative estimate of drug-likeness (QED) is 0.840. The van der Waals surface area contributed by atoms with E-state index < -0.39 is 0 Å². The first-order valence-corrected chi connectivity index (χ1v) is 10.4. The standard InChI is InChI=1S/C20H27N3OS/c1-15-6-4-10-22(12-15)14-19(24)23-11-5-7-16(13-23)20-21-17-8-2-3-9-18(17)25-20/h2-3,8-9,15-16H,4-7,10-14H2,1H3/t15-,16-/m0/s1. The summed E-state index contributed by atoms with van der Waals surface area (Å²) in [5, 5.41) is 1.20. The molecule has 0 N–H and O–H groups in total. The van der Waals surface area contributed by atoms with Crippen LogP contribution in [0.3, 0.4) is 0 Å². The van der Waals surface area contributed by atoms with E-state index in [1.54, 1.807) is 11.3 Å². The molecule has 4 rings (SSSR count). The molecule has 2 aromatic rings. The van der Waals surface area contributed by atoms with Gasteiger partial charge < -0.3 is 4.90 Å². The van der Waals surface area contributed by atoms with Crippen molar-refractivity contribution < 1.29 is 4.79 Å². The summed E-state index contributed by atoms with van der Waals surface area (Å²) < 4.78 is 1.25. The lowest BCUT2D eigenvalue weighted by Gasteiger charge is -2.35. The molecule has 0 saturated carbocycles. The molecule has 134 valence electrons. The highest BCUT2D eigenvalue weighted by Gasteiger charge is 2.28. The number of hydrogen-bond acceptors (Lipinski definition) is 4. The number of carbonyl (C=O) groups excluding carboxylic acids is 1. The summed E-state index contributed by atoms with van der Waals surface area (Å²) in [5.74, 6) is 1.42. The maximum Gasteiger partial charge on any atom is 0.236 e. The highest BCUT2D eigenvalue weighted by molar-refractivity contribution is 7.18. The van der Waals surface area contributed by atoms with Crippen molar-refractivity contribution in [2.75, 3.05) is 32.7 Å². The van der Waals surface area contributed by atoms with Crippen LogP contribution in [0.5, 0.6) is 0 Å². The van der Waals surface area contributed by atoms with Crippen molar-refractivity contribution in [2.24, 2.45) is 5.92 Å². The van der Waals surface area contributed by atoms with Crippen molar-refractivity contribution in [1.82, 2.24) is 14.8 Å². The summed E-state index contributed by atoms with van der Waals surface area (Å²) in [7, 11) is 0. The van der Waals surface area contributed by atoms with Gasteiger partial charge in [0, 0.05) is 25.6 Å². The molecule has 0 unspecified atom stereocenters. The van der Waals surface area contributed by atoms with E-state index in [-0.39, 0.29) is 0 Å². The van der Waals surface area contributed by atoms with Crippen LogP contribution in [0, 0.1) is 5.92 Å². The third-order valence-electron chi connectivity index (χ3n) is 5.53.